The number of tetrazole rings is 1. The number of carboxylic acid groups (broad SMARTS) is 1. The maximum absolute atomic E-state index is 10.5. The quantitative estimate of drug-likeness (QED) is 0.780. The summed E-state index contributed by atoms with van der Waals surface area (Å²) < 4.78 is 1.25. The molecule has 0 fully saturated rings. The third-order valence-electron chi connectivity index (χ3n) is 1.62. The third-order valence-corrected chi connectivity index (χ3v) is 3.24. The van der Waals surface area contributed by atoms with Gasteiger partial charge in [-0.1, -0.05) is 11.8 Å². The van der Waals surface area contributed by atoms with E-state index in [4.69, 9.17) is 5.11 Å². The molecule has 2 aromatic heterocycles. The van der Waals surface area contributed by atoms with E-state index in [1.165, 1.54) is 27.8 Å². The van der Waals surface area contributed by atoms with Gasteiger partial charge in [0.25, 0.3) is 0 Å². The summed E-state index contributed by atoms with van der Waals surface area (Å²) >= 11 is 2.88. The van der Waals surface area contributed by atoms with Crippen LogP contribution in [0.25, 0.3) is 0 Å². The van der Waals surface area contributed by atoms with Crippen LogP contribution in [-0.4, -0.2) is 36.3 Å². The maximum atomic E-state index is 10.5. The Bertz CT molecular complexity index is 469. The molecule has 0 aromatic carbocycles. The summed E-state index contributed by atoms with van der Waals surface area (Å²) in [5.74, 6) is -0.341. The molecular weight excluding hydrogens is 250 g/mol. The number of rotatable bonds is 5. The zero-order chi connectivity index (χ0) is 11.4. The van der Waals surface area contributed by atoms with Crippen LogP contribution >= 0.6 is 23.1 Å². The molecule has 0 amide bonds. The summed E-state index contributed by atoms with van der Waals surface area (Å²) in [6.45, 7) is -0.230. The van der Waals surface area contributed by atoms with Gasteiger partial charge in [-0.3, -0.25) is 4.79 Å². The average molecular weight is 257 g/mol. The van der Waals surface area contributed by atoms with Gasteiger partial charge in [-0.25, -0.2) is 9.67 Å². The van der Waals surface area contributed by atoms with Gasteiger partial charge in [-0.15, -0.1) is 16.4 Å². The van der Waals surface area contributed by atoms with Gasteiger partial charge in [-0.05, 0) is 10.4 Å². The van der Waals surface area contributed by atoms with Crippen molar-refractivity contribution < 1.29 is 9.90 Å². The topological polar surface area (TPSA) is 93.8 Å². The van der Waals surface area contributed by atoms with Crippen LogP contribution in [-0.2, 0) is 17.1 Å². The van der Waals surface area contributed by atoms with Crippen molar-refractivity contribution in [3.8, 4) is 0 Å². The zero-order valence-electron chi connectivity index (χ0n) is 7.98. The molecular formula is C7H7N5O2S2. The first-order valence-corrected chi connectivity index (χ1v) is 6.16. The third kappa shape index (κ3) is 2.76. The second kappa shape index (κ2) is 5.03. The monoisotopic (exact) mass is 257 g/mol. The summed E-state index contributed by atoms with van der Waals surface area (Å²) in [5.41, 5.74) is 2.68. The Morgan fingerprint density at radius 2 is 2.50 bits per heavy atom. The molecule has 0 aliphatic rings. The Morgan fingerprint density at radius 1 is 1.62 bits per heavy atom. The molecule has 2 aromatic rings. The van der Waals surface area contributed by atoms with E-state index >= 15 is 0 Å². The number of carbonyl (C=O) groups is 1. The van der Waals surface area contributed by atoms with E-state index in [1.807, 2.05) is 5.38 Å². The molecule has 0 saturated carbocycles. The van der Waals surface area contributed by atoms with Crippen LogP contribution in [0.15, 0.2) is 16.0 Å². The Morgan fingerprint density at radius 3 is 3.19 bits per heavy atom. The molecule has 2 rings (SSSR count). The van der Waals surface area contributed by atoms with E-state index in [1.54, 1.807) is 5.51 Å². The fourth-order valence-corrected chi connectivity index (χ4v) is 2.42. The number of carboxylic acids is 1. The molecule has 0 spiro atoms. The molecule has 84 valence electrons. The summed E-state index contributed by atoms with van der Waals surface area (Å²) in [5, 5.41) is 21.8. The lowest BCUT2D eigenvalue weighted by molar-refractivity contribution is -0.138. The number of thioether (sulfide) groups is 1. The first kappa shape index (κ1) is 11.0. The average Bonchev–Trinajstić information content (AvgIpc) is 2.84. The van der Waals surface area contributed by atoms with Gasteiger partial charge in [-0.2, -0.15) is 0 Å². The molecule has 0 bridgehead atoms. The summed E-state index contributed by atoms with van der Waals surface area (Å²) in [6.07, 6.45) is 0. The van der Waals surface area contributed by atoms with Gasteiger partial charge < -0.3 is 5.11 Å². The van der Waals surface area contributed by atoms with Crippen LogP contribution < -0.4 is 0 Å². The molecule has 9 heteroatoms. The predicted molar refractivity (Wildman–Crippen MR) is 57.1 cm³/mol. The fraction of sp³-hybridized carbons (Fsp3) is 0.286. The van der Waals surface area contributed by atoms with E-state index in [9.17, 15) is 4.79 Å². The minimum atomic E-state index is -0.970. The maximum Gasteiger partial charge on any atom is 0.325 e. The largest absolute Gasteiger partial charge is 0.480 e. The predicted octanol–water partition coefficient (Wildman–Crippen LogP) is 0.506. The van der Waals surface area contributed by atoms with Crippen molar-refractivity contribution in [2.75, 3.05) is 0 Å². The van der Waals surface area contributed by atoms with Gasteiger partial charge in [0.05, 0.1) is 11.2 Å². The number of aliphatic carboxylic acids is 1. The highest BCUT2D eigenvalue weighted by atomic mass is 32.2. The van der Waals surface area contributed by atoms with Gasteiger partial charge in [0.15, 0.2) is 0 Å². The fourth-order valence-electron chi connectivity index (χ4n) is 0.974. The van der Waals surface area contributed by atoms with Gasteiger partial charge in [0.1, 0.15) is 6.54 Å². The normalized spacial score (nSPS) is 10.5. The number of hydrogen-bond donors (Lipinski definition) is 1. The molecule has 2 heterocycles. The minimum absolute atomic E-state index is 0.230. The van der Waals surface area contributed by atoms with Crippen LogP contribution in [0.5, 0.6) is 0 Å². The van der Waals surface area contributed by atoms with Crippen molar-refractivity contribution in [1.82, 2.24) is 25.2 Å². The van der Waals surface area contributed by atoms with Gasteiger partial charge in [0, 0.05) is 11.1 Å². The molecule has 0 atom stereocenters. The Hall–Kier alpha value is -1.48. The second-order valence-electron chi connectivity index (χ2n) is 2.78. The summed E-state index contributed by atoms with van der Waals surface area (Å²) in [7, 11) is 0. The number of aromatic nitrogens is 5. The first-order valence-electron chi connectivity index (χ1n) is 4.23. The lowest BCUT2D eigenvalue weighted by Crippen LogP contribution is -2.11. The SMILES string of the molecule is O=C(O)Cn1nnnc1SCc1cscn1. The standard InChI is InChI=1S/C7H7N5O2S2/c13-6(14)1-12-7(9-10-11-12)16-3-5-2-15-4-8-5/h2,4H,1,3H2,(H,13,14). The number of hydrogen-bond acceptors (Lipinski definition) is 7. The summed E-state index contributed by atoms with van der Waals surface area (Å²) in [6, 6.07) is 0. The van der Waals surface area contributed by atoms with Crippen molar-refractivity contribution in [3.63, 3.8) is 0 Å². The highest BCUT2D eigenvalue weighted by molar-refractivity contribution is 7.98. The molecule has 0 aliphatic heterocycles. The van der Waals surface area contributed by atoms with Crippen molar-refractivity contribution in [2.24, 2.45) is 0 Å². The number of thiazole rings is 1. The molecule has 0 radical (unpaired) electrons. The molecule has 0 unspecified atom stereocenters. The van der Waals surface area contributed by atoms with Crippen LogP contribution in [0.1, 0.15) is 5.69 Å². The van der Waals surface area contributed by atoms with E-state index < -0.39 is 5.97 Å². The van der Waals surface area contributed by atoms with Crippen molar-refractivity contribution in [3.05, 3.63) is 16.6 Å². The van der Waals surface area contributed by atoms with Gasteiger partial charge in [0.2, 0.25) is 5.16 Å². The van der Waals surface area contributed by atoms with Crippen LogP contribution in [0.3, 0.4) is 0 Å². The van der Waals surface area contributed by atoms with Crippen molar-refractivity contribution in [1.29, 1.82) is 0 Å². The molecule has 0 saturated heterocycles. The lowest BCUT2D eigenvalue weighted by atomic mass is 10.6. The van der Waals surface area contributed by atoms with E-state index in [0.717, 1.165) is 5.69 Å². The van der Waals surface area contributed by atoms with Crippen LogP contribution in [0, 0.1) is 0 Å². The smallest absolute Gasteiger partial charge is 0.325 e. The Labute approximate surface area is 98.5 Å². The molecule has 16 heavy (non-hydrogen) atoms. The molecule has 1 N–H and O–H groups in total. The van der Waals surface area contributed by atoms with E-state index in [0.29, 0.717) is 10.9 Å². The highest BCUT2D eigenvalue weighted by Gasteiger charge is 2.10. The highest BCUT2D eigenvalue weighted by Crippen LogP contribution is 2.19. The first-order chi connectivity index (χ1) is 7.75. The van der Waals surface area contributed by atoms with Crippen molar-refractivity contribution >= 4 is 29.1 Å². The van der Waals surface area contributed by atoms with Crippen molar-refractivity contribution in [2.45, 2.75) is 17.5 Å². The summed E-state index contributed by atoms with van der Waals surface area (Å²) in [4.78, 5) is 14.6. The van der Waals surface area contributed by atoms with E-state index in [2.05, 4.69) is 20.5 Å². The molecule has 0 aliphatic carbocycles. The van der Waals surface area contributed by atoms with E-state index in [-0.39, 0.29) is 6.54 Å². The second-order valence-corrected chi connectivity index (χ2v) is 4.44. The number of nitrogens with zero attached hydrogens (tertiary/aromatic N) is 5. The lowest BCUT2D eigenvalue weighted by Gasteiger charge is -1.99. The minimum Gasteiger partial charge on any atom is -0.480 e. The van der Waals surface area contributed by atoms with Crippen LogP contribution in [0.2, 0.25) is 0 Å². The zero-order valence-corrected chi connectivity index (χ0v) is 9.61. The Kier molecular flexibility index (Phi) is 3.47. The Balaban J connectivity index is 1.99. The van der Waals surface area contributed by atoms with Gasteiger partial charge >= 0.3 is 5.97 Å². The molecule has 7 nitrogen and oxygen atoms in total. The van der Waals surface area contributed by atoms with Crippen LogP contribution in [0.4, 0.5) is 0 Å².